The first-order chi connectivity index (χ1) is 21.1. The van der Waals surface area contributed by atoms with Crippen molar-refractivity contribution >= 4 is 0 Å². The van der Waals surface area contributed by atoms with Crippen LogP contribution in [0.4, 0.5) is 48.3 Å². The average Bonchev–Trinajstić information content (AvgIpc) is 2.91. The Morgan fingerprint density at radius 2 is 1.24 bits per heavy atom. The third-order valence-electron chi connectivity index (χ3n) is 6.38. The third kappa shape index (κ3) is 7.66. The normalized spacial score (nSPS) is 11.9. The summed E-state index contributed by atoms with van der Waals surface area (Å²) < 4.78 is 159. The number of hydrogen-bond donors (Lipinski definition) is 0. The number of aryl methyl sites for hydroxylation is 1. The SMILES string of the molecule is C/C=C/CCc1ccc(C(F)(F)Oc2cc(F)c(-c3cc(F)c(C#Cc4cc(F)c(C(F)(F)F)c(F)c4)c(F)c3)c(F)c2)cc1. The summed E-state index contributed by atoms with van der Waals surface area (Å²) in [5, 5.41) is 0. The summed E-state index contributed by atoms with van der Waals surface area (Å²) >= 11 is 0. The lowest BCUT2D eigenvalue weighted by Crippen LogP contribution is -2.22. The first kappa shape index (κ1) is 33.1. The Bertz CT molecular complexity index is 1740. The second-order valence-corrected chi connectivity index (χ2v) is 9.56. The minimum absolute atomic E-state index is 0.211. The maximum atomic E-state index is 14.9. The monoisotopic (exact) mass is 640 g/mol. The molecule has 0 saturated carbocycles. The molecule has 0 aliphatic rings. The Morgan fingerprint density at radius 3 is 1.76 bits per heavy atom. The lowest BCUT2D eigenvalue weighted by molar-refractivity contribution is -0.185. The van der Waals surface area contributed by atoms with E-state index in [1.165, 1.54) is 12.1 Å². The molecule has 45 heavy (non-hydrogen) atoms. The minimum Gasteiger partial charge on any atom is -0.429 e. The molecule has 4 aromatic rings. The predicted octanol–water partition coefficient (Wildman–Crippen LogP) is 10.2. The molecule has 0 amide bonds. The van der Waals surface area contributed by atoms with E-state index in [2.05, 4.69) is 4.74 Å². The molecule has 234 valence electrons. The van der Waals surface area contributed by atoms with E-state index in [4.69, 9.17) is 0 Å². The van der Waals surface area contributed by atoms with Gasteiger partial charge in [-0.2, -0.15) is 22.0 Å². The zero-order valence-electron chi connectivity index (χ0n) is 22.9. The molecule has 0 fully saturated rings. The van der Waals surface area contributed by atoms with Crippen molar-refractivity contribution < 1.29 is 53.0 Å². The van der Waals surface area contributed by atoms with Gasteiger partial charge in [-0.1, -0.05) is 36.1 Å². The van der Waals surface area contributed by atoms with Gasteiger partial charge in [-0.25, -0.2) is 26.3 Å². The molecule has 0 aliphatic heterocycles. The number of ether oxygens (including phenoxy) is 1. The molecule has 0 N–H and O–H groups in total. The van der Waals surface area contributed by atoms with Crippen LogP contribution in [-0.4, -0.2) is 0 Å². The molecular weight excluding hydrogens is 621 g/mol. The van der Waals surface area contributed by atoms with Crippen LogP contribution in [0.25, 0.3) is 11.1 Å². The predicted molar refractivity (Wildman–Crippen MR) is 143 cm³/mol. The van der Waals surface area contributed by atoms with Crippen LogP contribution in [0.2, 0.25) is 0 Å². The van der Waals surface area contributed by atoms with Gasteiger partial charge in [0.25, 0.3) is 0 Å². The van der Waals surface area contributed by atoms with Crippen LogP contribution in [0.3, 0.4) is 0 Å². The minimum atomic E-state index is -5.35. The van der Waals surface area contributed by atoms with Crippen molar-refractivity contribution in [3.8, 4) is 28.7 Å². The summed E-state index contributed by atoms with van der Waals surface area (Å²) in [4.78, 5) is 0. The zero-order chi connectivity index (χ0) is 33.1. The summed E-state index contributed by atoms with van der Waals surface area (Å²) in [5.41, 5.74) is -5.43. The van der Waals surface area contributed by atoms with E-state index in [1.807, 2.05) is 30.9 Å². The number of rotatable bonds is 7. The molecule has 0 bridgehead atoms. The molecular formula is C33H19F11O. The van der Waals surface area contributed by atoms with Crippen molar-refractivity contribution in [1.29, 1.82) is 0 Å². The number of halogens is 11. The van der Waals surface area contributed by atoms with E-state index in [0.29, 0.717) is 37.1 Å². The third-order valence-corrected chi connectivity index (χ3v) is 6.38. The van der Waals surface area contributed by atoms with Gasteiger partial charge < -0.3 is 4.74 Å². The summed E-state index contributed by atoms with van der Waals surface area (Å²) in [6.07, 6.45) is -4.29. The maximum absolute atomic E-state index is 14.9. The summed E-state index contributed by atoms with van der Waals surface area (Å²) in [7, 11) is 0. The van der Waals surface area contributed by atoms with Crippen LogP contribution in [0.1, 0.15) is 41.2 Å². The van der Waals surface area contributed by atoms with Gasteiger partial charge in [0.15, 0.2) is 0 Å². The van der Waals surface area contributed by atoms with Crippen LogP contribution in [0, 0.1) is 46.7 Å². The highest BCUT2D eigenvalue weighted by molar-refractivity contribution is 5.67. The fourth-order valence-electron chi connectivity index (χ4n) is 4.26. The van der Waals surface area contributed by atoms with Gasteiger partial charge in [-0.15, -0.1) is 0 Å². The van der Waals surface area contributed by atoms with E-state index in [-0.39, 0.29) is 12.1 Å². The van der Waals surface area contributed by atoms with Crippen molar-refractivity contribution in [1.82, 2.24) is 0 Å². The molecule has 4 rings (SSSR count). The standard InChI is InChI=1S/C33H19F11O/c1-2-3-4-5-18-6-9-21(10-7-18)33(43,44)45-22-16-26(36)30(27(37)17-22)20-14-24(34)23(25(35)15-20)11-8-19-12-28(38)31(29(39)13-19)32(40,41)42/h2-3,6-7,9-10,12-17H,4-5H2,1H3/b3-2+. The Hall–Kier alpha value is -4.79. The van der Waals surface area contributed by atoms with Crippen LogP contribution in [0.15, 0.2) is 72.8 Å². The molecule has 0 unspecified atom stereocenters. The number of benzene rings is 4. The number of allylic oxidation sites excluding steroid dienone is 2. The van der Waals surface area contributed by atoms with Crippen LogP contribution in [0.5, 0.6) is 5.75 Å². The summed E-state index contributed by atoms with van der Waals surface area (Å²) in [6.45, 7) is 1.84. The first-order valence-electron chi connectivity index (χ1n) is 12.9. The first-order valence-corrected chi connectivity index (χ1v) is 12.9. The second-order valence-electron chi connectivity index (χ2n) is 9.56. The largest absolute Gasteiger partial charge is 0.429 e. The number of hydrogen-bond acceptors (Lipinski definition) is 1. The highest BCUT2D eigenvalue weighted by atomic mass is 19.4. The van der Waals surface area contributed by atoms with Gasteiger partial charge in [0.05, 0.1) is 16.7 Å². The van der Waals surface area contributed by atoms with Gasteiger partial charge in [-0.3, -0.25) is 0 Å². The molecule has 0 aliphatic carbocycles. The van der Waals surface area contributed by atoms with Crippen molar-refractivity contribution in [3.05, 3.63) is 136 Å². The van der Waals surface area contributed by atoms with E-state index >= 15 is 0 Å². The highest BCUT2D eigenvalue weighted by Gasteiger charge is 2.38. The Balaban J connectivity index is 1.58. The maximum Gasteiger partial charge on any atom is 0.426 e. The summed E-state index contributed by atoms with van der Waals surface area (Å²) in [6, 6.07) is 7.24. The topological polar surface area (TPSA) is 9.23 Å². The Labute approximate surface area is 249 Å². The lowest BCUT2D eigenvalue weighted by atomic mass is 10.0. The molecule has 0 radical (unpaired) electrons. The van der Waals surface area contributed by atoms with Crippen molar-refractivity contribution in [2.45, 2.75) is 32.1 Å². The molecule has 0 spiro atoms. The van der Waals surface area contributed by atoms with E-state index in [1.54, 1.807) is 0 Å². The van der Waals surface area contributed by atoms with Gasteiger partial charge in [0.1, 0.15) is 46.2 Å². The quantitative estimate of drug-likeness (QED) is 0.111. The van der Waals surface area contributed by atoms with Crippen molar-refractivity contribution in [3.63, 3.8) is 0 Å². The molecule has 0 saturated heterocycles. The molecule has 12 heteroatoms. The molecule has 0 atom stereocenters. The van der Waals surface area contributed by atoms with Crippen LogP contribution >= 0.6 is 0 Å². The van der Waals surface area contributed by atoms with Gasteiger partial charge >= 0.3 is 12.3 Å². The fourth-order valence-corrected chi connectivity index (χ4v) is 4.26. The van der Waals surface area contributed by atoms with Crippen LogP contribution < -0.4 is 4.74 Å². The van der Waals surface area contributed by atoms with Gasteiger partial charge in [-0.05, 0) is 67.3 Å². The van der Waals surface area contributed by atoms with E-state index in [0.717, 1.165) is 17.7 Å². The second kappa shape index (κ2) is 13.1. The lowest BCUT2D eigenvalue weighted by Gasteiger charge is -2.19. The highest BCUT2D eigenvalue weighted by Crippen LogP contribution is 2.37. The van der Waals surface area contributed by atoms with Gasteiger partial charge in [0.2, 0.25) is 0 Å². The number of alkyl halides is 5. The molecule has 1 nitrogen and oxygen atoms in total. The van der Waals surface area contributed by atoms with E-state index < -0.39 is 86.3 Å². The zero-order valence-corrected chi connectivity index (χ0v) is 22.9. The van der Waals surface area contributed by atoms with E-state index in [9.17, 15) is 48.3 Å². The Kier molecular flexibility index (Phi) is 9.61. The van der Waals surface area contributed by atoms with Crippen molar-refractivity contribution in [2.24, 2.45) is 0 Å². The molecule has 0 heterocycles. The van der Waals surface area contributed by atoms with Crippen LogP contribution in [-0.2, 0) is 18.7 Å². The smallest absolute Gasteiger partial charge is 0.426 e. The molecule has 0 aromatic heterocycles. The van der Waals surface area contributed by atoms with Gasteiger partial charge in [0, 0.05) is 17.7 Å². The fraction of sp³-hybridized carbons (Fsp3) is 0.152. The summed E-state index contributed by atoms with van der Waals surface area (Å²) in [5.74, 6) is -7.13. The average molecular weight is 640 g/mol. The van der Waals surface area contributed by atoms with Crippen molar-refractivity contribution in [2.75, 3.05) is 0 Å². The Morgan fingerprint density at radius 1 is 0.689 bits per heavy atom. The molecule has 4 aromatic carbocycles.